The van der Waals surface area contributed by atoms with Crippen LogP contribution in [0.15, 0.2) is 36.4 Å². The zero-order valence-electron chi connectivity index (χ0n) is 14.1. The third kappa shape index (κ3) is 4.10. The summed E-state index contributed by atoms with van der Waals surface area (Å²) in [5.41, 5.74) is 3.14. The number of carbonyl (C=O) groups excluding carboxylic acids is 1. The summed E-state index contributed by atoms with van der Waals surface area (Å²) in [6.07, 6.45) is -0.731. The van der Waals surface area contributed by atoms with Crippen molar-refractivity contribution >= 4 is 17.3 Å². The van der Waals surface area contributed by atoms with Crippen molar-refractivity contribution < 1.29 is 14.5 Å². The Bertz CT molecular complexity index is 787. The number of anilines is 1. The van der Waals surface area contributed by atoms with Gasteiger partial charge in [-0.15, -0.1) is 0 Å². The van der Waals surface area contributed by atoms with E-state index in [1.165, 1.54) is 12.1 Å². The Balaban J connectivity index is 2.11. The summed E-state index contributed by atoms with van der Waals surface area (Å²) in [7, 11) is 0. The molecule has 2 aromatic rings. The maximum absolute atomic E-state index is 12.3. The van der Waals surface area contributed by atoms with Gasteiger partial charge in [-0.2, -0.15) is 0 Å². The summed E-state index contributed by atoms with van der Waals surface area (Å²) in [6.45, 7) is 7.31. The lowest BCUT2D eigenvalue weighted by Gasteiger charge is -2.17. The number of nitrogens with zero attached hydrogens (tertiary/aromatic N) is 1. The van der Waals surface area contributed by atoms with Gasteiger partial charge in [-0.25, -0.2) is 0 Å². The van der Waals surface area contributed by atoms with Gasteiger partial charge < -0.3 is 10.1 Å². The molecule has 1 N–H and O–H groups in total. The van der Waals surface area contributed by atoms with Crippen molar-refractivity contribution in [3.63, 3.8) is 0 Å². The summed E-state index contributed by atoms with van der Waals surface area (Å²) >= 11 is 0. The van der Waals surface area contributed by atoms with Crippen LogP contribution in [0.2, 0.25) is 0 Å². The second kappa shape index (κ2) is 7.12. The molecule has 2 rings (SSSR count). The predicted molar refractivity (Wildman–Crippen MR) is 92.5 cm³/mol. The molecule has 0 unspecified atom stereocenters. The molecule has 0 saturated carbocycles. The van der Waals surface area contributed by atoms with Gasteiger partial charge in [0.05, 0.1) is 10.6 Å². The molecular weight excluding hydrogens is 308 g/mol. The van der Waals surface area contributed by atoms with E-state index in [0.29, 0.717) is 11.4 Å². The predicted octanol–water partition coefficient (Wildman–Crippen LogP) is 3.93. The monoisotopic (exact) mass is 328 g/mol. The molecule has 0 bridgehead atoms. The Labute approximate surface area is 140 Å². The number of amides is 1. The Morgan fingerprint density at radius 1 is 1.12 bits per heavy atom. The Morgan fingerprint density at radius 2 is 1.83 bits per heavy atom. The fourth-order valence-corrected chi connectivity index (χ4v) is 2.27. The van der Waals surface area contributed by atoms with Crippen molar-refractivity contribution in [3.05, 3.63) is 63.2 Å². The first-order valence-electron chi connectivity index (χ1n) is 7.57. The van der Waals surface area contributed by atoms with Gasteiger partial charge in [0.15, 0.2) is 6.10 Å². The smallest absolute Gasteiger partial charge is 0.271 e. The first-order valence-corrected chi connectivity index (χ1v) is 7.57. The van der Waals surface area contributed by atoms with Crippen LogP contribution in [0.25, 0.3) is 0 Å². The summed E-state index contributed by atoms with van der Waals surface area (Å²) in [5.74, 6) is 0.276. The SMILES string of the molecule is Cc1ccc(O[C@H](C)C(=O)Nc2cc([N+](=O)[O-])ccc2C)c(C)c1. The van der Waals surface area contributed by atoms with E-state index in [1.807, 2.05) is 32.0 Å². The number of nitro benzene ring substituents is 1. The highest BCUT2D eigenvalue weighted by molar-refractivity contribution is 5.95. The molecule has 2 aromatic carbocycles. The minimum Gasteiger partial charge on any atom is -0.481 e. The van der Waals surface area contributed by atoms with Crippen LogP contribution in [0.3, 0.4) is 0 Å². The van der Waals surface area contributed by atoms with Crippen molar-refractivity contribution in [2.45, 2.75) is 33.8 Å². The molecule has 1 amide bonds. The standard InChI is InChI=1S/C18H20N2O4/c1-11-5-8-17(13(3)9-11)24-14(4)18(21)19-16-10-15(20(22)23)7-6-12(16)2/h5-10,14H,1-4H3,(H,19,21)/t14-/m1/s1. The van der Waals surface area contributed by atoms with Crippen molar-refractivity contribution in [2.24, 2.45) is 0 Å². The zero-order chi connectivity index (χ0) is 17.9. The summed E-state index contributed by atoms with van der Waals surface area (Å²) in [6, 6.07) is 10.1. The third-order valence-corrected chi connectivity index (χ3v) is 3.69. The highest BCUT2D eigenvalue weighted by Gasteiger charge is 2.18. The fourth-order valence-electron chi connectivity index (χ4n) is 2.27. The number of non-ortho nitro benzene ring substituents is 1. The van der Waals surface area contributed by atoms with Crippen LogP contribution in [0.5, 0.6) is 5.75 Å². The molecule has 0 radical (unpaired) electrons. The Kier molecular flexibility index (Phi) is 5.18. The lowest BCUT2D eigenvalue weighted by Crippen LogP contribution is -2.30. The molecule has 0 aliphatic heterocycles. The minimum absolute atomic E-state index is 0.0705. The second-order valence-electron chi connectivity index (χ2n) is 5.77. The molecule has 126 valence electrons. The van der Waals surface area contributed by atoms with E-state index in [1.54, 1.807) is 19.9 Å². The van der Waals surface area contributed by atoms with Crippen LogP contribution in [0, 0.1) is 30.9 Å². The van der Waals surface area contributed by atoms with Gasteiger partial charge in [-0.05, 0) is 44.9 Å². The number of ether oxygens (including phenoxy) is 1. The van der Waals surface area contributed by atoms with Gasteiger partial charge in [0.1, 0.15) is 5.75 Å². The van der Waals surface area contributed by atoms with Crippen molar-refractivity contribution in [1.29, 1.82) is 0 Å². The average Bonchev–Trinajstić information content (AvgIpc) is 2.51. The van der Waals surface area contributed by atoms with Gasteiger partial charge in [0, 0.05) is 12.1 Å². The highest BCUT2D eigenvalue weighted by atomic mass is 16.6. The zero-order valence-corrected chi connectivity index (χ0v) is 14.1. The number of aryl methyl sites for hydroxylation is 3. The van der Waals surface area contributed by atoms with Gasteiger partial charge in [-0.1, -0.05) is 23.8 Å². The quantitative estimate of drug-likeness (QED) is 0.666. The van der Waals surface area contributed by atoms with E-state index in [-0.39, 0.29) is 11.6 Å². The number of hydrogen-bond donors (Lipinski definition) is 1. The van der Waals surface area contributed by atoms with Gasteiger partial charge in [0.25, 0.3) is 11.6 Å². The summed E-state index contributed by atoms with van der Waals surface area (Å²) in [4.78, 5) is 22.7. The van der Waals surface area contributed by atoms with Crippen LogP contribution < -0.4 is 10.1 Å². The molecule has 24 heavy (non-hydrogen) atoms. The molecule has 1 atom stereocenters. The van der Waals surface area contributed by atoms with Crippen LogP contribution in [0.1, 0.15) is 23.6 Å². The number of nitrogens with one attached hydrogen (secondary N) is 1. The van der Waals surface area contributed by atoms with Gasteiger partial charge in [0.2, 0.25) is 0 Å². The largest absolute Gasteiger partial charge is 0.481 e. The van der Waals surface area contributed by atoms with E-state index >= 15 is 0 Å². The first kappa shape index (κ1) is 17.5. The van der Waals surface area contributed by atoms with E-state index < -0.39 is 11.0 Å². The number of hydrogen-bond acceptors (Lipinski definition) is 4. The third-order valence-electron chi connectivity index (χ3n) is 3.69. The Morgan fingerprint density at radius 3 is 2.46 bits per heavy atom. The van der Waals surface area contributed by atoms with E-state index in [2.05, 4.69) is 5.32 Å². The molecule has 0 aliphatic carbocycles. The maximum Gasteiger partial charge on any atom is 0.271 e. The molecule has 0 spiro atoms. The molecule has 0 fully saturated rings. The fraction of sp³-hybridized carbons (Fsp3) is 0.278. The number of nitro groups is 1. The van der Waals surface area contributed by atoms with Crippen molar-refractivity contribution in [1.82, 2.24) is 0 Å². The number of benzene rings is 2. The molecule has 0 saturated heterocycles. The van der Waals surface area contributed by atoms with E-state index in [4.69, 9.17) is 4.74 Å². The minimum atomic E-state index is -0.731. The van der Waals surface area contributed by atoms with Crippen LogP contribution >= 0.6 is 0 Å². The molecular formula is C18H20N2O4. The first-order chi connectivity index (χ1) is 11.3. The number of rotatable bonds is 5. The van der Waals surface area contributed by atoms with Gasteiger partial charge in [-0.3, -0.25) is 14.9 Å². The molecule has 6 nitrogen and oxygen atoms in total. The van der Waals surface area contributed by atoms with Crippen molar-refractivity contribution in [2.75, 3.05) is 5.32 Å². The maximum atomic E-state index is 12.3. The summed E-state index contributed by atoms with van der Waals surface area (Å²) < 4.78 is 5.71. The highest BCUT2D eigenvalue weighted by Crippen LogP contribution is 2.23. The molecule has 6 heteroatoms. The Hall–Kier alpha value is -2.89. The molecule has 0 aliphatic rings. The topological polar surface area (TPSA) is 81.5 Å². The van der Waals surface area contributed by atoms with Crippen molar-refractivity contribution in [3.8, 4) is 5.75 Å². The normalized spacial score (nSPS) is 11.7. The van der Waals surface area contributed by atoms with Crippen LogP contribution in [-0.4, -0.2) is 16.9 Å². The van der Waals surface area contributed by atoms with Crippen LogP contribution in [0.4, 0.5) is 11.4 Å². The average molecular weight is 328 g/mol. The van der Waals surface area contributed by atoms with Gasteiger partial charge >= 0.3 is 0 Å². The van der Waals surface area contributed by atoms with E-state index in [9.17, 15) is 14.9 Å². The lowest BCUT2D eigenvalue weighted by atomic mass is 10.1. The summed E-state index contributed by atoms with van der Waals surface area (Å²) in [5, 5.41) is 13.5. The van der Waals surface area contributed by atoms with Crippen LogP contribution in [-0.2, 0) is 4.79 Å². The lowest BCUT2D eigenvalue weighted by molar-refractivity contribution is -0.384. The second-order valence-corrected chi connectivity index (χ2v) is 5.77. The molecule has 0 aromatic heterocycles. The number of carbonyl (C=O) groups is 1. The van der Waals surface area contributed by atoms with E-state index in [0.717, 1.165) is 16.7 Å². The molecule has 0 heterocycles.